The van der Waals surface area contributed by atoms with Crippen LogP contribution >= 0.6 is 0 Å². The zero-order valence-electron chi connectivity index (χ0n) is 10.7. The number of nitrogens with one attached hydrogen (secondary N) is 1. The van der Waals surface area contributed by atoms with Gasteiger partial charge in [-0.25, -0.2) is 13.1 Å². The van der Waals surface area contributed by atoms with Crippen molar-refractivity contribution in [3.8, 4) is 5.75 Å². The zero-order chi connectivity index (χ0) is 13.5. The zero-order valence-corrected chi connectivity index (χ0v) is 11.6. The predicted octanol–water partition coefficient (Wildman–Crippen LogP) is 1.94. The van der Waals surface area contributed by atoms with Gasteiger partial charge in [0.15, 0.2) is 0 Å². The molecule has 5 heteroatoms. The molecule has 0 amide bonds. The number of allylic oxidation sites excluding steroid dienone is 1. The minimum Gasteiger partial charge on any atom is -0.497 e. The Kier molecular flexibility index (Phi) is 3.11. The van der Waals surface area contributed by atoms with Gasteiger partial charge in [-0.2, -0.15) is 0 Å². The number of methoxy groups -OCH3 is 1. The largest absolute Gasteiger partial charge is 0.497 e. The Bertz CT molecular complexity index is 592. The minimum atomic E-state index is -3.43. The number of fused-ring (bicyclic) bond motifs is 2. The molecular formula is C14H17NO3S. The highest BCUT2D eigenvalue weighted by Crippen LogP contribution is 2.39. The Morgan fingerprint density at radius 1 is 1.16 bits per heavy atom. The Morgan fingerprint density at radius 3 is 2.42 bits per heavy atom. The van der Waals surface area contributed by atoms with Gasteiger partial charge in [0.2, 0.25) is 10.0 Å². The molecule has 19 heavy (non-hydrogen) atoms. The first kappa shape index (κ1) is 12.7. The fraction of sp³-hybridized carbons (Fsp3) is 0.429. The van der Waals surface area contributed by atoms with E-state index in [4.69, 9.17) is 4.74 Å². The van der Waals surface area contributed by atoms with Gasteiger partial charge in [-0.15, -0.1) is 0 Å². The molecule has 2 aliphatic rings. The van der Waals surface area contributed by atoms with Crippen molar-refractivity contribution in [3.05, 3.63) is 36.4 Å². The van der Waals surface area contributed by atoms with E-state index in [1.807, 2.05) is 0 Å². The van der Waals surface area contributed by atoms with Crippen molar-refractivity contribution in [2.24, 2.45) is 11.8 Å². The van der Waals surface area contributed by atoms with Gasteiger partial charge in [0.1, 0.15) is 5.75 Å². The first-order valence-electron chi connectivity index (χ1n) is 6.43. The Balaban J connectivity index is 1.77. The summed E-state index contributed by atoms with van der Waals surface area (Å²) >= 11 is 0. The summed E-state index contributed by atoms with van der Waals surface area (Å²) in [6, 6.07) is 6.51. The summed E-state index contributed by atoms with van der Waals surface area (Å²) in [6.07, 6.45) is 6.32. The fourth-order valence-corrected chi connectivity index (χ4v) is 4.24. The molecular weight excluding hydrogens is 262 g/mol. The lowest BCUT2D eigenvalue weighted by Crippen LogP contribution is -2.37. The second-order valence-corrected chi connectivity index (χ2v) is 6.90. The molecule has 3 unspecified atom stereocenters. The van der Waals surface area contributed by atoms with Crippen molar-refractivity contribution in [2.75, 3.05) is 7.11 Å². The van der Waals surface area contributed by atoms with Crippen molar-refractivity contribution in [1.82, 2.24) is 4.72 Å². The number of ether oxygens (including phenoxy) is 1. The summed E-state index contributed by atoms with van der Waals surface area (Å²) < 4.78 is 32.4. The molecule has 0 heterocycles. The summed E-state index contributed by atoms with van der Waals surface area (Å²) in [5, 5.41) is 0. The second kappa shape index (κ2) is 4.65. The quantitative estimate of drug-likeness (QED) is 0.857. The Hall–Kier alpha value is -1.33. The van der Waals surface area contributed by atoms with Crippen LogP contribution in [0.25, 0.3) is 0 Å². The maximum absolute atomic E-state index is 12.3. The van der Waals surface area contributed by atoms with Crippen LogP contribution in [0.3, 0.4) is 0 Å². The number of hydrogen-bond donors (Lipinski definition) is 1. The van der Waals surface area contributed by atoms with Crippen molar-refractivity contribution >= 4 is 10.0 Å². The summed E-state index contributed by atoms with van der Waals surface area (Å²) in [4.78, 5) is 0.292. The molecule has 1 fully saturated rings. The SMILES string of the molecule is COc1ccc(S(=O)(=O)NC2CC3C=CC2C3)cc1. The Morgan fingerprint density at radius 2 is 1.89 bits per heavy atom. The van der Waals surface area contributed by atoms with E-state index in [9.17, 15) is 8.42 Å². The van der Waals surface area contributed by atoms with Gasteiger partial charge in [-0.05, 0) is 48.9 Å². The monoisotopic (exact) mass is 279 g/mol. The molecule has 0 spiro atoms. The number of sulfonamides is 1. The average Bonchev–Trinajstić information content (AvgIpc) is 3.00. The number of rotatable bonds is 4. The fourth-order valence-electron chi connectivity index (χ4n) is 2.94. The van der Waals surface area contributed by atoms with Crippen LogP contribution in [0.5, 0.6) is 5.75 Å². The lowest BCUT2D eigenvalue weighted by Gasteiger charge is -2.19. The average molecular weight is 279 g/mol. The maximum Gasteiger partial charge on any atom is 0.240 e. The molecule has 0 aliphatic heterocycles. The van der Waals surface area contributed by atoms with E-state index in [-0.39, 0.29) is 6.04 Å². The van der Waals surface area contributed by atoms with Gasteiger partial charge in [0.05, 0.1) is 12.0 Å². The van der Waals surface area contributed by atoms with E-state index in [0.29, 0.717) is 22.5 Å². The predicted molar refractivity (Wildman–Crippen MR) is 72.5 cm³/mol. The molecule has 1 aromatic carbocycles. The third kappa shape index (κ3) is 2.40. The van der Waals surface area contributed by atoms with Crippen molar-refractivity contribution in [1.29, 1.82) is 0 Å². The molecule has 0 radical (unpaired) electrons. The van der Waals surface area contributed by atoms with E-state index >= 15 is 0 Å². The molecule has 4 nitrogen and oxygen atoms in total. The molecule has 1 N–H and O–H groups in total. The molecule has 3 atom stereocenters. The summed E-state index contributed by atoms with van der Waals surface area (Å²) in [5.74, 6) is 1.56. The van der Waals surface area contributed by atoms with E-state index < -0.39 is 10.0 Å². The highest BCUT2D eigenvalue weighted by atomic mass is 32.2. The molecule has 2 bridgehead atoms. The summed E-state index contributed by atoms with van der Waals surface area (Å²) in [5.41, 5.74) is 0. The Labute approximate surface area is 113 Å². The van der Waals surface area contributed by atoms with Crippen LogP contribution < -0.4 is 9.46 Å². The van der Waals surface area contributed by atoms with E-state index in [1.165, 1.54) is 0 Å². The van der Waals surface area contributed by atoms with Crippen LogP contribution in [-0.4, -0.2) is 21.6 Å². The normalized spacial score (nSPS) is 28.8. The molecule has 3 rings (SSSR count). The first-order chi connectivity index (χ1) is 9.08. The van der Waals surface area contributed by atoms with Crippen molar-refractivity contribution in [2.45, 2.75) is 23.8 Å². The van der Waals surface area contributed by atoms with Gasteiger partial charge in [0.25, 0.3) is 0 Å². The van der Waals surface area contributed by atoms with Crippen molar-refractivity contribution < 1.29 is 13.2 Å². The molecule has 1 saturated carbocycles. The van der Waals surface area contributed by atoms with E-state index in [1.54, 1.807) is 31.4 Å². The van der Waals surface area contributed by atoms with Crippen LogP contribution in [0.2, 0.25) is 0 Å². The topological polar surface area (TPSA) is 55.4 Å². The van der Waals surface area contributed by atoms with E-state index in [2.05, 4.69) is 16.9 Å². The smallest absolute Gasteiger partial charge is 0.240 e. The third-order valence-corrected chi connectivity index (χ3v) is 5.46. The highest BCUT2D eigenvalue weighted by Gasteiger charge is 2.37. The summed E-state index contributed by atoms with van der Waals surface area (Å²) in [7, 11) is -1.87. The lowest BCUT2D eigenvalue weighted by atomic mass is 10.0. The van der Waals surface area contributed by atoms with Gasteiger partial charge < -0.3 is 4.74 Å². The van der Waals surface area contributed by atoms with Gasteiger partial charge in [0, 0.05) is 6.04 Å². The van der Waals surface area contributed by atoms with Gasteiger partial charge in [-0.3, -0.25) is 0 Å². The molecule has 0 saturated heterocycles. The first-order valence-corrected chi connectivity index (χ1v) is 7.91. The van der Waals surface area contributed by atoms with Crippen LogP contribution in [-0.2, 0) is 10.0 Å². The molecule has 2 aliphatic carbocycles. The summed E-state index contributed by atoms with van der Waals surface area (Å²) in [6.45, 7) is 0. The van der Waals surface area contributed by atoms with Crippen LogP contribution in [0, 0.1) is 11.8 Å². The maximum atomic E-state index is 12.3. The molecule has 0 aromatic heterocycles. The third-order valence-electron chi connectivity index (χ3n) is 3.96. The number of benzene rings is 1. The molecule has 1 aromatic rings. The molecule has 102 valence electrons. The lowest BCUT2D eigenvalue weighted by molar-refractivity contribution is 0.414. The van der Waals surface area contributed by atoms with Crippen molar-refractivity contribution in [3.63, 3.8) is 0 Å². The number of hydrogen-bond acceptors (Lipinski definition) is 3. The van der Waals surface area contributed by atoms with Gasteiger partial charge in [-0.1, -0.05) is 12.2 Å². The van der Waals surface area contributed by atoms with Gasteiger partial charge >= 0.3 is 0 Å². The second-order valence-electron chi connectivity index (χ2n) is 5.18. The highest BCUT2D eigenvalue weighted by molar-refractivity contribution is 7.89. The van der Waals surface area contributed by atoms with Crippen LogP contribution in [0.1, 0.15) is 12.8 Å². The van der Waals surface area contributed by atoms with Crippen LogP contribution in [0.4, 0.5) is 0 Å². The van der Waals surface area contributed by atoms with Crippen LogP contribution in [0.15, 0.2) is 41.3 Å². The standard InChI is InChI=1S/C14H17NO3S/c1-18-12-4-6-13(7-5-12)19(16,17)15-14-9-10-2-3-11(14)8-10/h2-7,10-11,14-15H,8-9H2,1H3. The van der Waals surface area contributed by atoms with E-state index in [0.717, 1.165) is 12.8 Å². The minimum absolute atomic E-state index is 0.0436.